The van der Waals surface area contributed by atoms with E-state index < -0.39 is 0 Å². The van der Waals surface area contributed by atoms with E-state index in [2.05, 4.69) is 17.6 Å². The van der Waals surface area contributed by atoms with Gasteiger partial charge in [0.05, 0.1) is 6.04 Å². The van der Waals surface area contributed by atoms with E-state index in [0.29, 0.717) is 6.61 Å². The van der Waals surface area contributed by atoms with Crippen molar-refractivity contribution in [2.45, 2.75) is 19.4 Å². The Morgan fingerprint density at radius 3 is 3.18 bits per heavy atom. The molecule has 1 heterocycles. The SMILES string of the molecule is C=C=C(C)C[C@@H]1COC(=O)N1. The zero-order valence-electron chi connectivity index (χ0n) is 6.52. The fraction of sp³-hybridized carbons (Fsp3) is 0.500. The van der Waals surface area contributed by atoms with E-state index in [4.69, 9.17) is 4.74 Å². The number of cyclic esters (lactones) is 1. The van der Waals surface area contributed by atoms with Crippen LogP contribution in [0.4, 0.5) is 4.79 Å². The summed E-state index contributed by atoms with van der Waals surface area (Å²) in [4.78, 5) is 10.5. The van der Waals surface area contributed by atoms with Gasteiger partial charge in [0.15, 0.2) is 0 Å². The summed E-state index contributed by atoms with van der Waals surface area (Å²) in [7, 11) is 0. The molecule has 1 fully saturated rings. The normalized spacial score (nSPS) is 21.9. The molecule has 0 aromatic rings. The molecule has 1 aliphatic rings. The maximum absolute atomic E-state index is 10.5. The van der Waals surface area contributed by atoms with Crippen molar-refractivity contribution >= 4 is 6.09 Å². The van der Waals surface area contributed by atoms with Gasteiger partial charge in [-0.1, -0.05) is 6.58 Å². The molecule has 11 heavy (non-hydrogen) atoms. The van der Waals surface area contributed by atoms with Crippen molar-refractivity contribution in [3.05, 3.63) is 17.9 Å². The zero-order chi connectivity index (χ0) is 8.27. The standard InChI is InChI=1S/C8H11NO2/c1-3-6(2)4-7-5-11-8(10)9-7/h7H,1,4-5H2,2H3,(H,9,10)/t7-/m1/s1. The average molecular weight is 153 g/mol. The van der Waals surface area contributed by atoms with Gasteiger partial charge in [0.25, 0.3) is 0 Å². The molecule has 60 valence electrons. The van der Waals surface area contributed by atoms with Crippen LogP contribution in [-0.4, -0.2) is 18.7 Å². The molecule has 1 rings (SSSR count). The van der Waals surface area contributed by atoms with Crippen LogP contribution in [0.1, 0.15) is 13.3 Å². The Hall–Kier alpha value is -1.21. The van der Waals surface area contributed by atoms with Gasteiger partial charge >= 0.3 is 6.09 Å². The summed E-state index contributed by atoms with van der Waals surface area (Å²) in [5.74, 6) is 0. The second kappa shape index (κ2) is 3.26. The van der Waals surface area contributed by atoms with Crippen LogP contribution >= 0.6 is 0 Å². The van der Waals surface area contributed by atoms with Gasteiger partial charge < -0.3 is 10.1 Å². The van der Waals surface area contributed by atoms with E-state index in [0.717, 1.165) is 12.0 Å². The van der Waals surface area contributed by atoms with E-state index in [1.165, 1.54) is 0 Å². The maximum Gasteiger partial charge on any atom is 0.407 e. The molecule has 3 nitrogen and oxygen atoms in total. The summed E-state index contributed by atoms with van der Waals surface area (Å²) >= 11 is 0. The predicted octanol–water partition coefficient (Wildman–Crippen LogP) is 1.22. The van der Waals surface area contributed by atoms with Crippen LogP contribution < -0.4 is 5.32 Å². The third-order valence-electron chi connectivity index (χ3n) is 1.59. The lowest BCUT2D eigenvalue weighted by Gasteiger charge is -2.04. The smallest absolute Gasteiger partial charge is 0.407 e. The molecule has 1 aliphatic heterocycles. The van der Waals surface area contributed by atoms with E-state index in [1.807, 2.05) is 6.92 Å². The first kappa shape index (κ1) is 7.89. The van der Waals surface area contributed by atoms with Gasteiger partial charge in [-0.15, -0.1) is 5.73 Å². The third-order valence-corrected chi connectivity index (χ3v) is 1.59. The Morgan fingerprint density at radius 2 is 2.73 bits per heavy atom. The highest BCUT2D eigenvalue weighted by Crippen LogP contribution is 2.07. The number of ether oxygens (including phenoxy) is 1. The third kappa shape index (κ3) is 2.13. The summed E-state index contributed by atoms with van der Waals surface area (Å²) < 4.78 is 4.70. The van der Waals surface area contributed by atoms with Crippen LogP contribution in [0.25, 0.3) is 0 Å². The minimum Gasteiger partial charge on any atom is -0.447 e. The van der Waals surface area contributed by atoms with Crippen molar-refractivity contribution in [2.75, 3.05) is 6.61 Å². The van der Waals surface area contributed by atoms with Crippen LogP contribution in [0.5, 0.6) is 0 Å². The van der Waals surface area contributed by atoms with E-state index in [9.17, 15) is 4.79 Å². The topological polar surface area (TPSA) is 38.3 Å². The van der Waals surface area contributed by atoms with Gasteiger partial charge in [-0.25, -0.2) is 4.79 Å². The van der Waals surface area contributed by atoms with Gasteiger partial charge in [0, 0.05) is 0 Å². The molecule has 3 heteroatoms. The van der Waals surface area contributed by atoms with Crippen LogP contribution in [0.3, 0.4) is 0 Å². The van der Waals surface area contributed by atoms with Gasteiger partial charge in [0.2, 0.25) is 0 Å². The summed E-state index contributed by atoms with van der Waals surface area (Å²) in [5.41, 5.74) is 3.81. The molecule has 0 aromatic carbocycles. The van der Waals surface area contributed by atoms with Gasteiger partial charge in [-0.2, -0.15) is 0 Å². The summed E-state index contributed by atoms with van der Waals surface area (Å²) in [6, 6.07) is 0.108. The lowest BCUT2D eigenvalue weighted by Crippen LogP contribution is -2.25. The van der Waals surface area contributed by atoms with Crippen molar-refractivity contribution in [3.8, 4) is 0 Å². The average Bonchev–Trinajstić information content (AvgIpc) is 2.35. The fourth-order valence-electron chi connectivity index (χ4n) is 0.978. The molecule has 0 aromatic heterocycles. The summed E-state index contributed by atoms with van der Waals surface area (Å²) in [5, 5.41) is 2.67. The van der Waals surface area contributed by atoms with Crippen molar-refractivity contribution < 1.29 is 9.53 Å². The van der Waals surface area contributed by atoms with Crippen LogP contribution in [0.2, 0.25) is 0 Å². The van der Waals surface area contributed by atoms with Crippen LogP contribution in [-0.2, 0) is 4.74 Å². The van der Waals surface area contributed by atoms with Gasteiger partial charge in [0.1, 0.15) is 6.61 Å². The number of nitrogens with one attached hydrogen (secondary N) is 1. The lowest BCUT2D eigenvalue weighted by atomic mass is 10.1. The number of hydrogen-bond acceptors (Lipinski definition) is 2. The Kier molecular flexibility index (Phi) is 2.34. The fourth-order valence-corrected chi connectivity index (χ4v) is 0.978. The number of carbonyl (C=O) groups is 1. The predicted molar refractivity (Wildman–Crippen MR) is 41.2 cm³/mol. The van der Waals surface area contributed by atoms with Gasteiger partial charge in [-0.3, -0.25) is 0 Å². The second-order valence-corrected chi connectivity index (χ2v) is 2.60. The lowest BCUT2D eigenvalue weighted by molar-refractivity contribution is 0.177. The minimum absolute atomic E-state index is 0.108. The van der Waals surface area contributed by atoms with Crippen molar-refractivity contribution in [1.29, 1.82) is 0 Å². The first-order valence-corrected chi connectivity index (χ1v) is 3.51. The second-order valence-electron chi connectivity index (χ2n) is 2.60. The zero-order valence-corrected chi connectivity index (χ0v) is 6.52. The molecule has 0 spiro atoms. The first-order chi connectivity index (χ1) is 5.22. The van der Waals surface area contributed by atoms with Crippen molar-refractivity contribution in [2.24, 2.45) is 0 Å². The Balaban J connectivity index is 2.40. The molecule has 1 amide bonds. The number of rotatable bonds is 2. The molecule has 1 atom stereocenters. The molecular formula is C8H11NO2. The van der Waals surface area contributed by atoms with Crippen molar-refractivity contribution in [3.63, 3.8) is 0 Å². The van der Waals surface area contributed by atoms with E-state index >= 15 is 0 Å². The molecule has 0 saturated carbocycles. The Bertz CT molecular complexity index is 216. The number of carbonyl (C=O) groups excluding carboxylic acids is 1. The summed E-state index contributed by atoms with van der Waals surface area (Å²) in [6.45, 7) is 5.89. The highest BCUT2D eigenvalue weighted by molar-refractivity contribution is 5.69. The van der Waals surface area contributed by atoms with Crippen molar-refractivity contribution in [1.82, 2.24) is 5.32 Å². The summed E-state index contributed by atoms with van der Waals surface area (Å²) in [6.07, 6.45) is 0.446. The molecule has 0 aliphatic carbocycles. The monoisotopic (exact) mass is 153 g/mol. The number of hydrogen-bond donors (Lipinski definition) is 1. The number of alkyl carbamates (subject to hydrolysis) is 1. The van der Waals surface area contributed by atoms with Crippen LogP contribution in [0.15, 0.2) is 17.9 Å². The number of amides is 1. The Labute approximate surface area is 65.7 Å². The molecule has 0 bridgehead atoms. The first-order valence-electron chi connectivity index (χ1n) is 3.51. The highest BCUT2D eigenvalue weighted by atomic mass is 16.6. The minimum atomic E-state index is -0.327. The highest BCUT2D eigenvalue weighted by Gasteiger charge is 2.21. The molecular weight excluding hydrogens is 142 g/mol. The Morgan fingerprint density at radius 1 is 2.00 bits per heavy atom. The van der Waals surface area contributed by atoms with Gasteiger partial charge in [-0.05, 0) is 18.9 Å². The molecule has 0 radical (unpaired) electrons. The quantitative estimate of drug-likeness (QED) is 0.605. The van der Waals surface area contributed by atoms with Crippen LogP contribution in [0, 0.1) is 0 Å². The largest absolute Gasteiger partial charge is 0.447 e. The maximum atomic E-state index is 10.5. The van der Waals surface area contributed by atoms with E-state index in [-0.39, 0.29) is 12.1 Å². The molecule has 0 unspecified atom stereocenters. The molecule has 1 N–H and O–H groups in total. The van der Waals surface area contributed by atoms with E-state index in [1.54, 1.807) is 0 Å². The molecule has 1 saturated heterocycles.